The topological polar surface area (TPSA) is 79.4 Å². The number of carbonyl (C=O) groups is 1. The van der Waals surface area contributed by atoms with Gasteiger partial charge in [-0.25, -0.2) is 13.4 Å². The molecular weight excluding hydrogens is 514 g/mol. The average Bonchev–Trinajstić information content (AvgIpc) is 3.40. The molecule has 0 aliphatic rings. The standard InChI is InChI=1S/C30H27N3O3S2/c1-21(2)33(19-22-8-4-3-5-9-22)38(35,36)27-16-14-24(15-17-27)29(34)32-30-31-28(20-37-30)26-13-12-23-10-6-7-11-25(23)18-26/h3-18,20-21H,19H2,1-2H3,(H,31,32,34). The molecule has 8 heteroatoms. The second-order valence-corrected chi connectivity index (χ2v) is 12.0. The van der Waals surface area contributed by atoms with Crippen LogP contribution in [0.15, 0.2) is 107 Å². The summed E-state index contributed by atoms with van der Waals surface area (Å²) >= 11 is 1.34. The summed E-state index contributed by atoms with van der Waals surface area (Å²) in [5, 5.41) is 7.49. The Hall–Kier alpha value is -3.85. The van der Waals surface area contributed by atoms with Crippen molar-refractivity contribution in [2.24, 2.45) is 0 Å². The number of nitrogens with one attached hydrogen (secondary N) is 1. The van der Waals surface area contributed by atoms with E-state index < -0.39 is 10.0 Å². The number of rotatable bonds is 8. The first-order valence-electron chi connectivity index (χ1n) is 12.2. The Morgan fingerprint density at radius 3 is 2.29 bits per heavy atom. The van der Waals surface area contributed by atoms with Crippen LogP contribution in [0.1, 0.15) is 29.8 Å². The molecule has 38 heavy (non-hydrogen) atoms. The van der Waals surface area contributed by atoms with E-state index in [4.69, 9.17) is 0 Å². The molecule has 192 valence electrons. The summed E-state index contributed by atoms with van der Waals surface area (Å²) in [5.41, 5.74) is 3.02. The highest BCUT2D eigenvalue weighted by Gasteiger charge is 2.27. The molecule has 0 saturated carbocycles. The van der Waals surface area contributed by atoms with E-state index in [0.29, 0.717) is 10.7 Å². The first-order chi connectivity index (χ1) is 18.3. The van der Waals surface area contributed by atoms with Gasteiger partial charge in [0.2, 0.25) is 10.0 Å². The van der Waals surface area contributed by atoms with Crippen LogP contribution in [0.2, 0.25) is 0 Å². The van der Waals surface area contributed by atoms with Crippen LogP contribution < -0.4 is 5.32 Å². The summed E-state index contributed by atoms with van der Waals surface area (Å²) in [6.45, 7) is 3.97. The van der Waals surface area contributed by atoms with Crippen LogP contribution in [0.4, 0.5) is 5.13 Å². The van der Waals surface area contributed by atoms with Crippen molar-refractivity contribution in [2.75, 3.05) is 5.32 Å². The number of hydrogen-bond donors (Lipinski definition) is 1. The van der Waals surface area contributed by atoms with Crippen LogP contribution in [-0.4, -0.2) is 29.7 Å². The smallest absolute Gasteiger partial charge is 0.257 e. The van der Waals surface area contributed by atoms with Crippen molar-refractivity contribution in [1.82, 2.24) is 9.29 Å². The zero-order chi connectivity index (χ0) is 26.7. The number of anilines is 1. The molecule has 1 aromatic heterocycles. The van der Waals surface area contributed by atoms with Gasteiger partial charge >= 0.3 is 0 Å². The Balaban J connectivity index is 1.30. The van der Waals surface area contributed by atoms with E-state index in [9.17, 15) is 13.2 Å². The van der Waals surface area contributed by atoms with E-state index in [2.05, 4.69) is 34.6 Å². The summed E-state index contributed by atoms with van der Waals surface area (Å²) in [4.78, 5) is 17.6. The third-order valence-corrected chi connectivity index (χ3v) is 9.04. The molecule has 0 aliphatic heterocycles. The monoisotopic (exact) mass is 541 g/mol. The fourth-order valence-corrected chi connectivity index (χ4v) is 6.54. The number of amides is 1. The van der Waals surface area contributed by atoms with Gasteiger partial charge in [-0.3, -0.25) is 10.1 Å². The lowest BCUT2D eigenvalue weighted by Crippen LogP contribution is -2.36. The van der Waals surface area contributed by atoms with Crippen molar-refractivity contribution in [3.05, 3.63) is 114 Å². The normalized spacial score (nSPS) is 11.8. The molecule has 1 heterocycles. The number of thiazole rings is 1. The van der Waals surface area contributed by atoms with Gasteiger partial charge in [0.25, 0.3) is 5.91 Å². The van der Waals surface area contributed by atoms with Gasteiger partial charge in [-0.15, -0.1) is 11.3 Å². The first-order valence-corrected chi connectivity index (χ1v) is 14.5. The molecule has 0 saturated heterocycles. The second-order valence-electron chi connectivity index (χ2n) is 9.21. The minimum Gasteiger partial charge on any atom is -0.298 e. The Morgan fingerprint density at radius 1 is 0.895 bits per heavy atom. The maximum atomic E-state index is 13.4. The second kappa shape index (κ2) is 10.9. The van der Waals surface area contributed by atoms with Crippen molar-refractivity contribution in [2.45, 2.75) is 31.3 Å². The molecule has 0 bridgehead atoms. The number of hydrogen-bond acceptors (Lipinski definition) is 5. The van der Waals surface area contributed by atoms with Gasteiger partial charge in [0.05, 0.1) is 10.6 Å². The zero-order valence-corrected chi connectivity index (χ0v) is 22.7. The molecule has 0 atom stereocenters. The molecule has 0 spiro atoms. The summed E-state index contributed by atoms with van der Waals surface area (Å²) in [6.07, 6.45) is 0. The fraction of sp³-hybridized carbons (Fsp3) is 0.133. The van der Waals surface area contributed by atoms with Gasteiger partial charge in [0.15, 0.2) is 5.13 Å². The Labute approximate surface area is 226 Å². The highest BCUT2D eigenvalue weighted by Crippen LogP contribution is 2.28. The van der Waals surface area contributed by atoms with E-state index in [1.165, 1.54) is 39.9 Å². The molecule has 0 aliphatic carbocycles. The number of benzene rings is 4. The predicted octanol–water partition coefficient (Wildman–Crippen LogP) is 6.81. The molecule has 1 amide bonds. The molecule has 0 fully saturated rings. The number of fused-ring (bicyclic) bond motifs is 1. The molecule has 5 rings (SSSR count). The number of aromatic nitrogens is 1. The third kappa shape index (κ3) is 5.52. The Bertz CT molecular complexity index is 1680. The minimum atomic E-state index is -3.75. The number of carbonyl (C=O) groups excluding carboxylic acids is 1. The van der Waals surface area contributed by atoms with E-state index >= 15 is 0 Å². The van der Waals surface area contributed by atoms with E-state index in [1.807, 2.05) is 67.8 Å². The highest BCUT2D eigenvalue weighted by molar-refractivity contribution is 7.89. The average molecular weight is 542 g/mol. The van der Waals surface area contributed by atoms with Gasteiger partial charge in [0, 0.05) is 29.1 Å². The molecule has 0 unspecified atom stereocenters. The van der Waals surface area contributed by atoms with Crippen molar-refractivity contribution < 1.29 is 13.2 Å². The van der Waals surface area contributed by atoms with Crippen LogP contribution in [0, 0.1) is 0 Å². The summed E-state index contributed by atoms with van der Waals surface area (Å²) < 4.78 is 28.2. The maximum absolute atomic E-state index is 13.4. The quantitative estimate of drug-likeness (QED) is 0.234. The molecule has 4 aromatic carbocycles. The molecule has 1 N–H and O–H groups in total. The van der Waals surface area contributed by atoms with Gasteiger partial charge in [-0.2, -0.15) is 4.31 Å². The van der Waals surface area contributed by atoms with Crippen molar-refractivity contribution in [1.29, 1.82) is 0 Å². The number of nitrogens with zero attached hydrogens (tertiary/aromatic N) is 2. The zero-order valence-electron chi connectivity index (χ0n) is 21.0. The molecular formula is C30H27N3O3S2. The molecule has 5 aromatic rings. The maximum Gasteiger partial charge on any atom is 0.257 e. The summed E-state index contributed by atoms with van der Waals surface area (Å²) in [6, 6.07) is 29.5. The van der Waals surface area contributed by atoms with E-state index in [-0.39, 0.29) is 23.4 Å². The highest BCUT2D eigenvalue weighted by atomic mass is 32.2. The van der Waals surface area contributed by atoms with Crippen LogP contribution in [0.25, 0.3) is 22.0 Å². The van der Waals surface area contributed by atoms with Crippen molar-refractivity contribution in [3.63, 3.8) is 0 Å². The minimum absolute atomic E-state index is 0.145. The van der Waals surface area contributed by atoms with Crippen LogP contribution in [0.3, 0.4) is 0 Å². The van der Waals surface area contributed by atoms with Crippen LogP contribution in [0.5, 0.6) is 0 Å². The van der Waals surface area contributed by atoms with Gasteiger partial charge in [-0.05, 0) is 60.5 Å². The van der Waals surface area contributed by atoms with Gasteiger partial charge in [0.1, 0.15) is 0 Å². The lowest BCUT2D eigenvalue weighted by Gasteiger charge is -2.26. The van der Waals surface area contributed by atoms with Gasteiger partial charge in [-0.1, -0.05) is 66.7 Å². The Morgan fingerprint density at radius 2 is 1.58 bits per heavy atom. The lowest BCUT2D eigenvalue weighted by atomic mass is 10.1. The summed E-state index contributed by atoms with van der Waals surface area (Å²) in [5.74, 6) is -0.349. The summed E-state index contributed by atoms with van der Waals surface area (Å²) in [7, 11) is -3.75. The van der Waals surface area contributed by atoms with Crippen molar-refractivity contribution in [3.8, 4) is 11.3 Å². The van der Waals surface area contributed by atoms with Crippen molar-refractivity contribution >= 4 is 43.2 Å². The number of sulfonamides is 1. The van der Waals surface area contributed by atoms with Crippen LogP contribution >= 0.6 is 11.3 Å². The Kier molecular flexibility index (Phi) is 7.37. The SMILES string of the molecule is CC(C)N(Cc1ccccc1)S(=O)(=O)c1ccc(C(=O)Nc2nc(-c3ccc4ccccc4c3)cs2)cc1. The first kappa shape index (κ1) is 25.8. The largest absolute Gasteiger partial charge is 0.298 e. The van der Waals surface area contributed by atoms with Crippen LogP contribution in [-0.2, 0) is 16.6 Å². The fourth-order valence-electron chi connectivity index (χ4n) is 4.20. The predicted molar refractivity (Wildman–Crippen MR) is 154 cm³/mol. The molecule has 6 nitrogen and oxygen atoms in total. The molecule has 0 radical (unpaired) electrons. The lowest BCUT2D eigenvalue weighted by molar-refractivity contribution is 0.102. The third-order valence-electron chi connectivity index (χ3n) is 6.25. The van der Waals surface area contributed by atoms with Gasteiger partial charge < -0.3 is 0 Å². The van der Waals surface area contributed by atoms with E-state index in [0.717, 1.165) is 27.6 Å². The van der Waals surface area contributed by atoms with E-state index in [1.54, 1.807) is 0 Å².